The molecule has 0 radical (unpaired) electrons. The van der Waals surface area contributed by atoms with Gasteiger partial charge in [0.25, 0.3) is 5.91 Å². The molecular weight excluding hydrogens is 1380 g/mol. The zero-order valence-corrected chi connectivity index (χ0v) is 65.0. The van der Waals surface area contributed by atoms with E-state index in [-0.39, 0.29) is 18.1 Å². The van der Waals surface area contributed by atoms with E-state index in [1.165, 1.54) is 75.5 Å². The second kappa shape index (κ2) is 45.5. The number of ether oxygens (including phenoxy) is 13. The highest BCUT2D eigenvalue weighted by atomic mass is 35.5. The van der Waals surface area contributed by atoms with E-state index in [1.54, 1.807) is 16.5 Å². The number of thiophene rings is 1. The van der Waals surface area contributed by atoms with Gasteiger partial charge in [-0.1, -0.05) is 111 Å². The molecule has 5 aromatic rings. The van der Waals surface area contributed by atoms with Crippen LogP contribution >= 0.6 is 22.9 Å². The number of hydrogen-bond acceptors (Lipinski definition) is 20. The van der Waals surface area contributed by atoms with Gasteiger partial charge in [-0.15, -0.1) is 16.4 Å². The first-order valence-electron chi connectivity index (χ1n) is 39.5. The first-order valence-corrected chi connectivity index (χ1v) is 40.7. The van der Waals surface area contributed by atoms with Crippen LogP contribution in [-0.4, -0.2) is 220 Å². The van der Waals surface area contributed by atoms with Gasteiger partial charge in [0.2, 0.25) is 5.88 Å². The van der Waals surface area contributed by atoms with Crippen LogP contribution in [0.3, 0.4) is 0 Å². The zero-order chi connectivity index (χ0) is 73.2. The molecule has 584 valence electrons. The molecule has 2 aromatic carbocycles. The number of pyridine rings is 1. The maximum atomic E-state index is 14.4. The highest BCUT2D eigenvalue weighted by molar-refractivity contribution is 7.21. The summed E-state index contributed by atoms with van der Waals surface area (Å²) in [5, 5.41) is 23.6. The van der Waals surface area contributed by atoms with E-state index in [1.807, 2.05) is 60.6 Å². The molecule has 0 bridgehead atoms. The van der Waals surface area contributed by atoms with Crippen LogP contribution in [0.5, 0.6) is 5.88 Å². The molecule has 21 nitrogen and oxygen atoms in total. The zero-order valence-electron chi connectivity index (χ0n) is 63.4. The van der Waals surface area contributed by atoms with E-state index in [0.717, 1.165) is 114 Å². The third kappa shape index (κ3) is 25.8. The van der Waals surface area contributed by atoms with Gasteiger partial charge in [-0.05, 0) is 166 Å². The van der Waals surface area contributed by atoms with Crippen LogP contribution in [-0.2, 0) is 76.5 Å². The molecule has 1 unspecified atom stereocenters. The Hall–Kier alpha value is -4.57. The fourth-order valence-corrected chi connectivity index (χ4v) is 18.7. The summed E-state index contributed by atoms with van der Waals surface area (Å²) in [7, 11) is 2.02. The van der Waals surface area contributed by atoms with E-state index < -0.39 is 0 Å². The molecule has 1 amide bonds. The maximum Gasteiger partial charge on any atom is 0.266 e. The molecule has 23 heteroatoms. The van der Waals surface area contributed by atoms with Crippen molar-refractivity contribution in [1.82, 2.24) is 30.2 Å². The van der Waals surface area contributed by atoms with Crippen LogP contribution < -0.4 is 10.1 Å². The highest BCUT2D eigenvalue weighted by Crippen LogP contribution is 2.67. The summed E-state index contributed by atoms with van der Waals surface area (Å²) < 4.78 is 76.9. The first-order chi connectivity index (χ1) is 51.5. The number of carbonyl (C=O) groups is 1. The lowest BCUT2D eigenvalue weighted by atomic mass is 9.47. The van der Waals surface area contributed by atoms with E-state index >= 15 is 0 Å². The van der Waals surface area contributed by atoms with E-state index in [2.05, 4.69) is 65.7 Å². The van der Waals surface area contributed by atoms with Crippen molar-refractivity contribution in [3.05, 3.63) is 106 Å². The molecule has 4 saturated carbocycles. The van der Waals surface area contributed by atoms with Gasteiger partial charge in [-0.25, -0.2) is 9.67 Å². The maximum absolute atomic E-state index is 14.4. The Morgan fingerprint density at radius 1 is 0.648 bits per heavy atom. The molecular formula is C82H123ClN6O15S. The van der Waals surface area contributed by atoms with Gasteiger partial charge in [0.05, 0.1) is 176 Å². The van der Waals surface area contributed by atoms with Crippen molar-refractivity contribution in [1.29, 1.82) is 0 Å². The smallest absolute Gasteiger partial charge is 0.266 e. The molecule has 4 fully saturated rings. The van der Waals surface area contributed by atoms with Gasteiger partial charge in [0.1, 0.15) is 17.2 Å². The molecule has 5 aliphatic carbocycles. The van der Waals surface area contributed by atoms with Crippen molar-refractivity contribution in [2.75, 3.05) is 166 Å². The number of rotatable bonds is 53. The number of hydrogen-bond donors (Lipinski definition) is 2. The number of unbranched alkanes of at least 4 members (excludes halogenated alkanes) is 3. The number of benzene rings is 2. The van der Waals surface area contributed by atoms with Crippen LogP contribution in [0, 0.1) is 40.4 Å². The minimum atomic E-state index is -0.118. The summed E-state index contributed by atoms with van der Waals surface area (Å²) in [4.78, 5) is 21.5. The second-order valence-electron chi connectivity index (χ2n) is 29.7. The summed E-state index contributed by atoms with van der Waals surface area (Å²) in [6.07, 6.45) is 26.3. The summed E-state index contributed by atoms with van der Waals surface area (Å²) in [5.74, 6) is 4.74. The lowest BCUT2D eigenvalue weighted by molar-refractivity contribution is -0.0572. The number of nitrogens with one attached hydrogen (secondary N) is 1. The molecule has 2 N–H and O–H groups in total. The third-order valence-corrected chi connectivity index (χ3v) is 24.6. The largest absolute Gasteiger partial charge is 0.475 e. The fraction of sp³-hybridized carbons (Fsp3) is 0.707. The van der Waals surface area contributed by atoms with Crippen LogP contribution in [0.2, 0.25) is 5.02 Å². The molecule has 3 heterocycles. The summed E-state index contributed by atoms with van der Waals surface area (Å²) >= 11 is 8.35. The Bertz CT molecular complexity index is 3300. The molecule has 5 aliphatic rings. The van der Waals surface area contributed by atoms with Gasteiger partial charge in [0, 0.05) is 47.6 Å². The number of carbonyl (C=O) groups excluding carboxylic acids is 1. The van der Waals surface area contributed by atoms with Crippen LogP contribution in [0.1, 0.15) is 151 Å². The van der Waals surface area contributed by atoms with Crippen LogP contribution in [0.4, 0.5) is 0 Å². The van der Waals surface area contributed by atoms with Gasteiger partial charge >= 0.3 is 0 Å². The summed E-state index contributed by atoms with van der Waals surface area (Å²) in [6, 6.07) is 20.8. The standard InChI is InChI=1S/C82H123ClN6O15S/c1-62(73-23-24-74-71-22-17-66-58-70(90)25-28-81(66,2)75(71)26-29-82(73,74)3)12-7-5-6-10-32-92-34-36-94-38-40-96-42-43-98-44-45-99-48-49-101-52-53-103-61-68-60-88(87-86-68)31-33-93-35-37-95-39-41-97-46-47-100-50-51-102-54-55-104-77-57-65(27-30-85-77)64-14-11-13-63(56-64)59-89(69-20-18-67(84-4)19-21-69)80(91)79-78(83)72-15-8-9-16-76(72)105-79/h8-9,11,13-17,27,30,56-57,60,62,67,69-71,73-75,84,90H,5-7,10,12,18-26,28-29,31-55,58-59,61H2,1-4H3/t62-,67?,69?,70+,71+,73?,74+,75+,81+,82-/m1/s1. The number of fused-ring (bicyclic) bond motifs is 6. The number of aromatic nitrogens is 4. The Labute approximate surface area is 634 Å². The SMILES string of the molecule is CNC1CCC(N(Cc2cccc(-c3ccnc(OCCOCCOCCOCCOCCOCCn4cc(COCCOCCOCCOCCOCCOCCOCCCCCC[C@@H](C)C5CC[C@H]6[C@@H]7CC=C8C[C@@H](O)CC[C@]8(C)[C@H]7CC[C@]56C)nn4)c3)c2)C(=O)c2sc3ccccc3c2Cl)CC1. The number of aliphatic hydroxyl groups is 1. The molecule has 8 atom stereocenters. The van der Waals surface area contributed by atoms with Crippen LogP contribution in [0.25, 0.3) is 21.2 Å². The summed E-state index contributed by atoms with van der Waals surface area (Å²) in [6.45, 7) is 21.0. The topological polar surface area (TPSA) is 216 Å². The number of nitrogens with zero attached hydrogens (tertiary/aromatic N) is 5. The number of aliphatic hydroxyl groups excluding tert-OH is 1. The minimum absolute atomic E-state index is 0.0118. The third-order valence-electron chi connectivity index (χ3n) is 22.9. The molecule has 0 aliphatic heterocycles. The highest BCUT2D eigenvalue weighted by Gasteiger charge is 2.59. The van der Waals surface area contributed by atoms with Crippen molar-refractivity contribution in [3.8, 4) is 17.0 Å². The Kier molecular flexibility index (Phi) is 36.0. The van der Waals surface area contributed by atoms with E-state index in [0.29, 0.717) is 204 Å². The predicted molar refractivity (Wildman–Crippen MR) is 409 cm³/mol. The lowest BCUT2D eigenvalue weighted by Gasteiger charge is -2.58. The van der Waals surface area contributed by atoms with E-state index in [4.69, 9.17) is 73.2 Å². The van der Waals surface area contributed by atoms with Gasteiger partial charge < -0.3 is 76.9 Å². The number of amides is 1. The minimum Gasteiger partial charge on any atom is -0.475 e. The number of halogens is 1. The van der Waals surface area contributed by atoms with Crippen molar-refractivity contribution in [3.63, 3.8) is 0 Å². The average Bonchev–Trinajstić information content (AvgIpc) is 1.69. The second-order valence-corrected chi connectivity index (χ2v) is 31.2. The van der Waals surface area contributed by atoms with Gasteiger partial charge in [0.15, 0.2) is 0 Å². The average molecular weight is 1500 g/mol. The normalized spacial score (nSPS) is 23.3. The monoisotopic (exact) mass is 1500 g/mol. The number of allylic oxidation sites excluding steroid dienone is 1. The quantitative estimate of drug-likeness (QED) is 0.0273. The molecule has 105 heavy (non-hydrogen) atoms. The molecule has 0 spiro atoms. The van der Waals surface area contributed by atoms with E-state index in [9.17, 15) is 9.90 Å². The van der Waals surface area contributed by atoms with Crippen molar-refractivity contribution >= 4 is 38.9 Å². The Morgan fingerprint density at radius 3 is 1.90 bits per heavy atom. The molecule has 10 rings (SSSR count). The molecule has 3 aromatic heterocycles. The van der Waals surface area contributed by atoms with Crippen molar-refractivity contribution in [2.45, 2.75) is 168 Å². The fourth-order valence-electron chi connectivity index (χ4n) is 17.2. The first kappa shape index (κ1) is 82.9. The van der Waals surface area contributed by atoms with Crippen molar-refractivity contribution < 1.29 is 71.5 Å². The van der Waals surface area contributed by atoms with Crippen LogP contribution in [0.15, 0.2) is 84.7 Å². The van der Waals surface area contributed by atoms with Gasteiger partial charge in [-0.2, -0.15) is 0 Å². The lowest BCUT2D eigenvalue weighted by Crippen LogP contribution is -2.50. The Morgan fingerprint density at radius 2 is 1.25 bits per heavy atom. The van der Waals surface area contributed by atoms with Crippen molar-refractivity contribution in [2.24, 2.45) is 40.4 Å². The predicted octanol–water partition coefficient (Wildman–Crippen LogP) is 13.7. The summed E-state index contributed by atoms with van der Waals surface area (Å²) in [5.41, 5.74) is 6.21. The van der Waals surface area contributed by atoms with Gasteiger partial charge in [-0.3, -0.25) is 4.79 Å². The Balaban J connectivity index is 0.436. The molecule has 0 saturated heterocycles.